The highest BCUT2D eigenvalue weighted by Gasteiger charge is 2.23. The molecule has 0 atom stereocenters. The van der Waals surface area contributed by atoms with Crippen LogP contribution in [0.15, 0.2) is 15.7 Å². The highest BCUT2D eigenvalue weighted by Crippen LogP contribution is 2.32. The molecule has 20 heavy (non-hydrogen) atoms. The summed E-state index contributed by atoms with van der Waals surface area (Å²) >= 11 is 6.07. The summed E-state index contributed by atoms with van der Waals surface area (Å²) in [4.78, 5) is 25.1. The fourth-order valence-corrected chi connectivity index (χ4v) is 2.74. The number of hydrogen-bond acceptors (Lipinski definition) is 3. The van der Waals surface area contributed by atoms with Crippen LogP contribution in [0.3, 0.4) is 0 Å². The Hall–Kier alpha value is -1.75. The first kappa shape index (κ1) is 14.7. The van der Waals surface area contributed by atoms with E-state index < -0.39 is 11.1 Å². The van der Waals surface area contributed by atoms with Gasteiger partial charge in [-0.05, 0) is 39.3 Å². The molecule has 0 spiro atoms. The van der Waals surface area contributed by atoms with Crippen LogP contribution < -0.4 is 11.1 Å². The number of rotatable bonds is 0. The third-order valence-corrected chi connectivity index (χ3v) is 3.67. The van der Waals surface area contributed by atoms with E-state index in [0.717, 1.165) is 0 Å². The van der Waals surface area contributed by atoms with Crippen molar-refractivity contribution in [2.45, 2.75) is 33.2 Å². The number of aryl methyl sites for hydroxylation is 1. The van der Waals surface area contributed by atoms with E-state index in [-0.39, 0.29) is 27.1 Å². The number of fused-ring (bicyclic) bond motifs is 1. The van der Waals surface area contributed by atoms with Crippen molar-refractivity contribution in [2.24, 2.45) is 7.05 Å². The Morgan fingerprint density at radius 2 is 1.75 bits per heavy atom. The van der Waals surface area contributed by atoms with Crippen molar-refractivity contribution < 1.29 is 5.11 Å². The first-order valence-electron chi connectivity index (χ1n) is 6.22. The fraction of sp³-hybridized carbons (Fsp3) is 0.429. The molecular formula is C14H17ClN2O3. The van der Waals surface area contributed by atoms with Crippen molar-refractivity contribution >= 4 is 22.4 Å². The molecule has 1 aromatic heterocycles. The van der Waals surface area contributed by atoms with Crippen LogP contribution in [0.2, 0.25) is 5.02 Å². The Morgan fingerprint density at radius 3 is 2.25 bits per heavy atom. The molecule has 1 heterocycles. The summed E-state index contributed by atoms with van der Waals surface area (Å²) in [5.74, 6) is -0.162. The number of phenols is 1. The van der Waals surface area contributed by atoms with Gasteiger partial charge in [0.25, 0.3) is 11.1 Å². The Balaban J connectivity index is 3.20. The standard InChI is InChI=1S/C14H17ClN2O3/c1-7-6-8-9(10(15)11(7)18)13(20)17(14(2,3)4)16(5)12(8)19/h6,18H,1-5H3. The summed E-state index contributed by atoms with van der Waals surface area (Å²) in [6.45, 7) is 7.10. The number of phenolic OH excluding ortho intramolecular Hbond substituents is 1. The van der Waals surface area contributed by atoms with E-state index in [2.05, 4.69) is 0 Å². The molecule has 0 amide bonds. The van der Waals surface area contributed by atoms with E-state index in [0.29, 0.717) is 5.56 Å². The van der Waals surface area contributed by atoms with Crippen LogP contribution in [0.1, 0.15) is 26.3 Å². The minimum Gasteiger partial charge on any atom is -0.506 e. The van der Waals surface area contributed by atoms with Crippen molar-refractivity contribution in [1.29, 1.82) is 0 Å². The molecule has 0 bridgehead atoms. The molecule has 1 N–H and O–H groups in total. The van der Waals surface area contributed by atoms with Gasteiger partial charge in [-0.1, -0.05) is 11.6 Å². The normalized spacial score (nSPS) is 12.1. The minimum absolute atomic E-state index is 0.0628. The lowest BCUT2D eigenvalue weighted by Crippen LogP contribution is -2.45. The molecule has 108 valence electrons. The molecule has 0 radical (unpaired) electrons. The van der Waals surface area contributed by atoms with Crippen LogP contribution in [0.5, 0.6) is 5.75 Å². The third kappa shape index (κ3) is 1.93. The van der Waals surface area contributed by atoms with Gasteiger partial charge < -0.3 is 5.11 Å². The zero-order chi connectivity index (χ0) is 15.4. The second-order valence-electron chi connectivity index (χ2n) is 5.90. The SMILES string of the molecule is Cc1cc2c(=O)n(C)n(C(C)(C)C)c(=O)c2c(Cl)c1O. The van der Waals surface area contributed by atoms with Crippen LogP contribution in [0.25, 0.3) is 10.8 Å². The maximum absolute atomic E-state index is 12.6. The summed E-state index contributed by atoms with van der Waals surface area (Å²) in [5.41, 5.74) is -0.829. The maximum Gasteiger partial charge on any atom is 0.275 e. The van der Waals surface area contributed by atoms with Crippen molar-refractivity contribution in [3.63, 3.8) is 0 Å². The highest BCUT2D eigenvalue weighted by molar-refractivity contribution is 6.37. The molecule has 2 aromatic rings. The smallest absolute Gasteiger partial charge is 0.275 e. The monoisotopic (exact) mass is 296 g/mol. The van der Waals surface area contributed by atoms with Gasteiger partial charge in [0.15, 0.2) is 0 Å². The molecule has 1 aromatic carbocycles. The molecule has 0 aliphatic rings. The van der Waals surface area contributed by atoms with Gasteiger partial charge in [-0.25, -0.2) is 9.36 Å². The van der Waals surface area contributed by atoms with Gasteiger partial charge in [-0.3, -0.25) is 9.59 Å². The predicted molar refractivity (Wildman–Crippen MR) is 79.9 cm³/mol. The van der Waals surface area contributed by atoms with Gasteiger partial charge in [0, 0.05) is 7.05 Å². The molecule has 5 nitrogen and oxygen atoms in total. The molecule has 0 unspecified atom stereocenters. The van der Waals surface area contributed by atoms with Crippen LogP contribution in [0, 0.1) is 6.92 Å². The maximum atomic E-state index is 12.6. The summed E-state index contributed by atoms with van der Waals surface area (Å²) in [7, 11) is 1.55. The molecule has 0 saturated carbocycles. The highest BCUT2D eigenvalue weighted by atomic mass is 35.5. The summed E-state index contributed by atoms with van der Waals surface area (Å²) in [6.07, 6.45) is 0. The van der Waals surface area contributed by atoms with Gasteiger partial charge >= 0.3 is 0 Å². The minimum atomic E-state index is -0.580. The number of aromatic hydroxyl groups is 1. The summed E-state index contributed by atoms with van der Waals surface area (Å²) in [6, 6.07) is 1.49. The molecular weight excluding hydrogens is 280 g/mol. The third-order valence-electron chi connectivity index (χ3n) is 3.30. The summed E-state index contributed by atoms with van der Waals surface area (Å²) in [5, 5.41) is 10.1. The molecule has 2 rings (SSSR count). The quantitative estimate of drug-likeness (QED) is 0.810. The lowest BCUT2D eigenvalue weighted by molar-refractivity contribution is 0.290. The Bertz CT molecular complexity index is 826. The van der Waals surface area contributed by atoms with E-state index in [1.165, 1.54) is 15.4 Å². The number of benzene rings is 1. The fourth-order valence-electron chi connectivity index (χ4n) is 2.41. The van der Waals surface area contributed by atoms with Crippen LogP contribution >= 0.6 is 11.6 Å². The lowest BCUT2D eigenvalue weighted by Gasteiger charge is -2.26. The van der Waals surface area contributed by atoms with Crippen molar-refractivity contribution in [2.75, 3.05) is 0 Å². The number of aromatic nitrogens is 2. The van der Waals surface area contributed by atoms with Gasteiger partial charge in [0.05, 0.1) is 21.3 Å². The Labute approximate surface area is 121 Å². The zero-order valence-electron chi connectivity index (χ0n) is 12.1. The van der Waals surface area contributed by atoms with Crippen molar-refractivity contribution in [1.82, 2.24) is 9.36 Å². The van der Waals surface area contributed by atoms with E-state index in [1.807, 2.05) is 20.8 Å². The number of nitrogens with zero attached hydrogens (tertiary/aromatic N) is 2. The largest absolute Gasteiger partial charge is 0.506 e. The van der Waals surface area contributed by atoms with Gasteiger partial charge in [0.1, 0.15) is 5.75 Å². The zero-order valence-corrected chi connectivity index (χ0v) is 12.9. The van der Waals surface area contributed by atoms with E-state index in [4.69, 9.17) is 11.6 Å². The second-order valence-corrected chi connectivity index (χ2v) is 6.27. The van der Waals surface area contributed by atoms with Gasteiger partial charge in [-0.15, -0.1) is 0 Å². The first-order valence-corrected chi connectivity index (χ1v) is 6.59. The molecule has 0 saturated heterocycles. The number of halogens is 1. The predicted octanol–water partition coefficient (Wildman–Crippen LogP) is 2.12. The van der Waals surface area contributed by atoms with Gasteiger partial charge in [0.2, 0.25) is 0 Å². The Kier molecular flexibility index (Phi) is 3.21. The van der Waals surface area contributed by atoms with E-state index >= 15 is 0 Å². The molecule has 6 heteroatoms. The molecule has 0 aliphatic heterocycles. The van der Waals surface area contributed by atoms with Crippen molar-refractivity contribution in [3.8, 4) is 5.75 Å². The van der Waals surface area contributed by atoms with Crippen LogP contribution in [0.4, 0.5) is 0 Å². The lowest BCUT2D eigenvalue weighted by atomic mass is 10.1. The van der Waals surface area contributed by atoms with Crippen molar-refractivity contribution in [3.05, 3.63) is 37.4 Å². The van der Waals surface area contributed by atoms with E-state index in [9.17, 15) is 14.7 Å². The Morgan fingerprint density at radius 1 is 1.20 bits per heavy atom. The van der Waals surface area contributed by atoms with E-state index in [1.54, 1.807) is 14.0 Å². The average molecular weight is 297 g/mol. The van der Waals surface area contributed by atoms with Gasteiger partial charge in [-0.2, -0.15) is 0 Å². The molecule has 0 aliphatic carbocycles. The average Bonchev–Trinajstić information content (AvgIpc) is 2.31. The summed E-state index contributed by atoms with van der Waals surface area (Å²) < 4.78 is 2.63. The topological polar surface area (TPSA) is 64.2 Å². The number of hydrogen-bond donors (Lipinski definition) is 1. The second kappa shape index (κ2) is 4.38. The van der Waals surface area contributed by atoms with Crippen LogP contribution in [-0.4, -0.2) is 14.5 Å². The molecule has 0 fully saturated rings. The first-order chi connectivity index (χ1) is 9.07. The van der Waals surface area contributed by atoms with Crippen LogP contribution in [-0.2, 0) is 12.6 Å².